The zero-order valence-electron chi connectivity index (χ0n) is 11.8. The van der Waals surface area contributed by atoms with Crippen LogP contribution in [0.25, 0.3) is 0 Å². The molecule has 2 atom stereocenters. The summed E-state index contributed by atoms with van der Waals surface area (Å²) in [5.74, 6) is 0.902. The van der Waals surface area contributed by atoms with Crippen molar-refractivity contribution in [1.29, 1.82) is 0 Å². The van der Waals surface area contributed by atoms with Crippen LogP contribution < -0.4 is 10.6 Å². The molecular formula is C14H27N3O. The van der Waals surface area contributed by atoms with Crippen molar-refractivity contribution in [2.75, 3.05) is 39.8 Å². The van der Waals surface area contributed by atoms with Gasteiger partial charge in [-0.15, -0.1) is 0 Å². The number of amides is 1. The molecule has 0 aromatic carbocycles. The molecule has 0 aromatic heterocycles. The number of likely N-dealkylation sites (tertiary alicyclic amines) is 1. The van der Waals surface area contributed by atoms with Crippen LogP contribution in [0.4, 0.5) is 0 Å². The van der Waals surface area contributed by atoms with Crippen LogP contribution in [0.1, 0.15) is 32.6 Å². The van der Waals surface area contributed by atoms with Gasteiger partial charge >= 0.3 is 0 Å². The van der Waals surface area contributed by atoms with E-state index in [1.165, 1.54) is 19.4 Å². The van der Waals surface area contributed by atoms with Crippen LogP contribution in [-0.4, -0.2) is 50.6 Å². The molecule has 18 heavy (non-hydrogen) atoms. The second-order valence-corrected chi connectivity index (χ2v) is 6.04. The summed E-state index contributed by atoms with van der Waals surface area (Å²) in [6.07, 6.45) is 4.44. The van der Waals surface area contributed by atoms with Crippen molar-refractivity contribution >= 4 is 5.91 Å². The Morgan fingerprint density at radius 3 is 3.00 bits per heavy atom. The van der Waals surface area contributed by atoms with Crippen molar-refractivity contribution in [1.82, 2.24) is 15.5 Å². The van der Waals surface area contributed by atoms with Gasteiger partial charge in [-0.05, 0) is 51.7 Å². The van der Waals surface area contributed by atoms with Crippen LogP contribution >= 0.6 is 0 Å². The maximum absolute atomic E-state index is 12.4. The number of hydrogen-bond donors (Lipinski definition) is 2. The molecule has 2 N–H and O–H groups in total. The lowest BCUT2D eigenvalue weighted by molar-refractivity contribution is -0.130. The van der Waals surface area contributed by atoms with Gasteiger partial charge in [0.25, 0.3) is 0 Å². The van der Waals surface area contributed by atoms with Gasteiger partial charge in [-0.3, -0.25) is 4.79 Å². The first kappa shape index (κ1) is 13.8. The number of hydrogen-bond acceptors (Lipinski definition) is 3. The molecule has 2 fully saturated rings. The smallest absolute Gasteiger partial charge is 0.227 e. The van der Waals surface area contributed by atoms with E-state index in [2.05, 4.69) is 29.5 Å². The maximum Gasteiger partial charge on any atom is 0.227 e. The van der Waals surface area contributed by atoms with Gasteiger partial charge in [0.05, 0.1) is 5.41 Å². The zero-order valence-corrected chi connectivity index (χ0v) is 11.8. The van der Waals surface area contributed by atoms with Crippen LogP contribution in [0, 0.1) is 11.3 Å². The first-order valence-corrected chi connectivity index (χ1v) is 7.34. The number of rotatable bonds is 4. The van der Waals surface area contributed by atoms with Crippen molar-refractivity contribution in [2.24, 2.45) is 11.3 Å². The molecule has 4 heteroatoms. The van der Waals surface area contributed by atoms with E-state index in [9.17, 15) is 4.79 Å². The molecule has 2 aliphatic rings. The predicted molar refractivity (Wildman–Crippen MR) is 73.4 cm³/mol. The second kappa shape index (κ2) is 6.02. The Morgan fingerprint density at radius 1 is 1.56 bits per heavy atom. The molecule has 4 nitrogen and oxygen atoms in total. The first-order valence-electron chi connectivity index (χ1n) is 7.34. The van der Waals surface area contributed by atoms with E-state index in [1.807, 2.05) is 0 Å². The first-order chi connectivity index (χ1) is 8.66. The van der Waals surface area contributed by atoms with Crippen molar-refractivity contribution in [3.05, 3.63) is 0 Å². The van der Waals surface area contributed by atoms with E-state index in [-0.39, 0.29) is 11.3 Å². The van der Waals surface area contributed by atoms with Gasteiger partial charge < -0.3 is 15.5 Å². The molecule has 0 aromatic rings. The molecule has 2 heterocycles. The number of carbonyl (C=O) groups is 1. The topological polar surface area (TPSA) is 44.4 Å². The van der Waals surface area contributed by atoms with Crippen LogP contribution in [0.3, 0.4) is 0 Å². The lowest BCUT2D eigenvalue weighted by Gasteiger charge is -2.31. The summed E-state index contributed by atoms with van der Waals surface area (Å²) in [7, 11) is 2.17. The summed E-state index contributed by atoms with van der Waals surface area (Å²) in [6, 6.07) is 0. The van der Waals surface area contributed by atoms with Crippen molar-refractivity contribution in [2.45, 2.75) is 32.6 Å². The Morgan fingerprint density at radius 2 is 2.39 bits per heavy atom. The molecule has 0 aliphatic carbocycles. The van der Waals surface area contributed by atoms with Gasteiger partial charge in [0.15, 0.2) is 0 Å². The molecule has 0 spiro atoms. The normalized spacial score (nSPS) is 33.6. The Labute approximate surface area is 110 Å². The lowest BCUT2D eigenvalue weighted by Crippen LogP contribution is -2.46. The van der Waals surface area contributed by atoms with E-state index in [0.29, 0.717) is 5.92 Å². The third-order valence-electron chi connectivity index (χ3n) is 4.68. The van der Waals surface area contributed by atoms with E-state index >= 15 is 0 Å². The van der Waals surface area contributed by atoms with Crippen LogP contribution in [-0.2, 0) is 4.79 Å². The monoisotopic (exact) mass is 253 g/mol. The molecule has 2 rings (SSSR count). The predicted octanol–water partition coefficient (Wildman–Crippen LogP) is 0.834. The Kier molecular flexibility index (Phi) is 4.62. The largest absolute Gasteiger partial charge is 0.355 e. The van der Waals surface area contributed by atoms with Crippen LogP contribution in [0.15, 0.2) is 0 Å². The highest BCUT2D eigenvalue weighted by molar-refractivity contribution is 5.83. The van der Waals surface area contributed by atoms with Gasteiger partial charge in [0.1, 0.15) is 0 Å². The minimum Gasteiger partial charge on any atom is -0.355 e. The molecule has 2 aliphatic heterocycles. The molecule has 0 radical (unpaired) electrons. The Balaban J connectivity index is 1.80. The Hall–Kier alpha value is -0.610. The quantitative estimate of drug-likeness (QED) is 0.780. The van der Waals surface area contributed by atoms with Crippen molar-refractivity contribution < 1.29 is 4.79 Å². The SMILES string of the molecule is CCC1(C(=O)NCC2CCCN(C)C2)CCNC1. The minimum atomic E-state index is -0.138. The fourth-order valence-electron chi connectivity index (χ4n) is 3.26. The van der Waals surface area contributed by atoms with E-state index in [0.717, 1.165) is 39.0 Å². The molecule has 0 saturated carbocycles. The average molecular weight is 253 g/mol. The van der Waals surface area contributed by atoms with Crippen molar-refractivity contribution in [3.8, 4) is 0 Å². The fourth-order valence-corrected chi connectivity index (χ4v) is 3.26. The third kappa shape index (κ3) is 3.04. The van der Waals surface area contributed by atoms with Gasteiger partial charge in [0.2, 0.25) is 5.91 Å². The standard InChI is InChI=1S/C14H27N3O/c1-3-14(6-7-15-11-14)13(18)16-9-12-5-4-8-17(2)10-12/h12,15H,3-11H2,1-2H3,(H,16,18). The summed E-state index contributed by atoms with van der Waals surface area (Å²) in [4.78, 5) is 14.7. The number of nitrogens with one attached hydrogen (secondary N) is 2. The number of piperidine rings is 1. The highest BCUT2D eigenvalue weighted by atomic mass is 16.2. The van der Waals surface area contributed by atoms with Gasteiger partial charge in [-0.25, -0.2) is 0 Å². The van der Waals surface area contributed by atoms with Crippen LogP contribution in [0.5, 0.6) is 0 Å². The summed E-state index contributed by atoms with van der Waals surface area (Å²) < 4.78 is 0. The summed E-state index contributed by atoms with van der Waals surface area (Å²) >= 11 is 0. The van der Waals surface area contributed by atoms with Gasteiger partial charge in [0, 0.05) is 19.6 Å². The molecule has 2 unspecified atom stereocenters. The summed E-state index contributed by atoms with van der Waals surface area (Å²) in [5.41, 5.74) is -0.138. The molecule has 1 amide bonds. The molecule has 0 bridgehead atoms. The van der Waals surface area contributed by atoms with Gasteiger partial charge in [-0.1, -0.05) is 6.92 Å². The van der Waals surface area contributed by atoms with Gasteiger partial charge in [-0.2, -0.15) is 0 Å². The van der Waals surface area contributed by atoms with E-state index < -0.39 is 0 Å². The number of carbonyl (C=O) groups excluding carboxylic acids is 1. The van der Waals surface area contributed by atoms with E-state index in [4.69, 9.17) is 0 Å². The minimum absolute atomic E-state index is 0.138. The zero-order chi connectivity index (χ0) is 13.0. The van der Waals surface area contributed by atoms with Crippen LogP contribution in [0.2, 0.25) is 0 Å². The summed E-state index contributed by atoms with van der Waals surface area (Å²) in [6.45, 7) is 7.13. The van der Waals surface area contributed by atoms with Crippen molar-refractivity contribution in [3.63, 3.8) is 0 Å². The second-order valence-electron chi connectivity index (χ2n) is 6.04. The number of nitrogens with zero attached hydrogens (tertiary/aromatic N) is 1. The molecule has 104 valence electrons. The maximum atomic E-state index is 12.4. The highest BCUT2D eigenvalue weighted by Crippen LogP contribution is 2.29. The molecular weight excluding hydrogens is 226 g/mol. The summed E-state index contributed by atoms with van der Waals surface area (Å²) in [5, 5.41) is 6.52. The lowest BCUT2D eigenvalue weighted by atomic mass is 9.83. The van der Waals surface area contributed by atoms with E-state index in [1.54, 1.807) is 0 Å². The average Bonchev–Trinajstić information content (AvgIpc) is 2.86. The Bertz CT molecular complexity index is 287. The third-order valence-corrected chi connectivity index (χ3v) is 4.68. The molecule has 2 saturated heterocycles. The highest BCUT2D eigenvalue weighted by Gasteiger charge is 2.39. The fraction of sp³-hybridized carbons (Fsp3) is 0.929.